The average molecular weight is 908 g/mol. The van der Waals surface area contributed by atoms with Gasteiger partial charge in [-0.15, -0.1) is 0 Å². The monoisotopic (exact) mass is 907 g/mol. The lowest BCUT2D eigenvalue weighted by Gasteiger charge is -2.30. The Bertz CT molecular complexity index is 1870. The summed E-state index contributed by atoms with van der Waals surface area (Å²) in [5.41, 5.74) is 4.26. The molecule has 2 amide bonds. The Morgan fingerprint density at radius 2 is 1.61 bits per heavy atom. The van der Waals surface area contributed by atoms with E-state index in [1.54, 1.807) is 0 Å². The number of aromatic nitrogens is 4. The van der Waals surface area contributed by atoms with E-state index in [9.17, 15) is 57.9 Å². The molecule has 2 unspecified atom stereocenters. The summed E-state index contributed by atoms with van der Waals surface area (Å²) in [4.78, 5) is 107. The van der Waals surface area contributed by atoms with Crippen molar-refractivity contribution in [3.8, 4) is 0 Å². The number of rotatable bonds is 19. The fourth-order valence-corrected chi connectivity index (χ4v) is 7.65. The van der Waals surface area contributed by atoms with Gasteiger partial charge >= 0.3 is 31.3 Å². The first kappa shape index (κ1) is 49.8. The van der Waals surface area contributed by atoms with E-state index in [1.165, 1.54) is 20.8 Å². The molecular weight excluding hydrogens is 866 g/mol. The minimum absolute atomic E-state index is 0.0310. The molecule has 0 aliphatic carbocycles. The van der Waals surface area contributed by atoms with E-state index in [1.807, 2.05) is 0 Å². The second-order valence-corrected chi connectivity index (χ2v) is 18.5. The number of nitrogen functional groups attached to an aromatic ring is 1. The summed E-state index contributed by atoms with van der Waals surface area (Å²) in [6.45, 7) is 1.90. The van der Waals surface area contributed by atoms with Gasteiger partial charge in [0.15, 0.2) is 22.8 Å². The zero-order valence-electron chi connectivity index (χ0n) is 29.3. The third-order valence-corrected chi connectivity index (χ3v) is 10.7. The Labute approximate surface area is 320 Å². The number of nitrogens with one attached hydrogen (secondary N) is 2. The van der Waals surface area contributed by atoms with Crippen LogP contribution in [0.25, 0.3) is 11.2 Å². The molecular formula is C23H41N7O21P4S. The summed E-state index contributed by atoms with van der Waals surface area (Å²) >= 11 is 1.03. The molecule has 3 rings (SSSR count). The number of hydrogen-bond donors (Lipinski definition) is 12. The predicted molar refractivity (Wildman–Crippen MR) is 187 cm³/mol. The van der Waals surface area contributed by atoms with Crippen LogP contribution in [0, 0.1) is 5.41 Å². The Morgan fingerprint density at radius 1 is 1.00 bits per heavy atom. The van der Waals surface area contributed by atoms with Crippen LogP contribution in [0.15, 0.2) is 12.7 Å². The molecule has 1 aliphatic rings. The number of nitrogens with zero attached hydrogens (tertiary/aromatic N) is 4. The number of ether oxygens (including phenoxy) is 1. The largest absolute Gasteiger partial charge is 0.481 e. The first-order chi connectivity index (χ1) is 25.5. The van der Waals surface area contributed by atoms with Gasteiger partial charge in [-0.25, -0.2) is 33.2 Å². The van der Waals surface area contributed by atoms with Gasteiger partial charge in [0.2, 0.25) is 11.8 Å². The van der Waals surface area contributed by atoms with Crippen molar-refractivity contribution in [1.29, 1.82) is 0 Å². The van der Waals surface area contributed by atoms with E-state index in [-0.39, 0.29) is 41.6 Å². The summed E-state index contributed by atoms with van der Waals surface area (Å²) < 4.78 is 70.7. The number of phosphoric ester groups is 3. The first-order valence-electron chi connectivity index (χ1n) is 15.3. The first-order valence-corrected chi connectivity index (χ1v) is 22.4. The highest BCUT2D eigenvalue weighted by Gasteiger charge is 2.50. The van der Waals surface area contributed by atoms with Gasteiger partial charge < -0.3 is 65.6 Å². The number of carbonyl (C=O) groups excluding carboxylic acids is 3. The van der Waals surface area contributed by atoms with E-state index in [0.717, 1.165) is 29.0 Å². The number of hydrogen-bond acceptors (Lipinski definition) is 19. The van der Waals surface area contributed by atoms with Crippen LogP contribution >= 0.6 is 43.1 Å². The molecule has 0 radical (unpaired) electrons. The summed E-state index contributed by atoms with van der Waals surface area (Å²) in [7, 11) is -21.0. The van der Waals surface area contributed by atoms with Crippen LogP contribution in [-0.4, -0.2) is 137 Å². The van der Waals surface area contributed by atoms with Crippen LogP contribution in [-0.2, 0) is 55.3 Å². The molecule has 1 aliphatic heterocycles. The van der Waals surface area contributed by atoms with Crippen molar-refractivity contribution in [1.82, 2.24) is 30.2 Å². The quantitative estimate of drug-likeness (QED) is 0.0523. The van der Waals surface area contributed by atoms with E-state index in [4.69, 9.17) is 38.8 Å². The lowest BCUT2D eigenvalue weighted by atomic mass is 9.87. The van der Waals surface area contributed by atoms with Gasteiger partial charge in [0, 0.05) is 37.6 Å². The molecule has 0 saturated carbocycles. The number of thioether (sulfide) groups is 1. The molecule has 33 heteroatoms. The van der Waals surface area contributed by atoms with Gasteiger partial charge in [-0.3, -0.25) is 32.5 Å². The highest BCUT2D eigenvalue weighted by atomic mass is 32.2. The molecule has 320 valence electrons. The number of amides is 2. The highest BCUT2D eigenvalue weighted by Crippen LogP contribution is 2.61. The third-order valence-electron chi connectivity index (χ3n) is 6.81. The third kappa shape index (κ3) is 17.3. The Morgan fingerprint density at radius 3 is 2.20 bits per heavy atom. The normalized spacial score (nSPS) is 21.6. The lowest BCUT2D eigenvalue weighted by Crippen LogP contribution is -2.46. The number of fused-ring (bicyclic) bond motifs is 1. The fourth-order valence-electron chi connectivity index (χ4n) is 4.32. The SMILES string of the molecule is CC(=O)SCCNC(=O)CCNC(=O)[C@H](O)C(C)(C)COP(=O)(O)OP(=O)(O)OC[C@H]1O[C@@H](n2cnc3c(N)ncnc32)[C@H](O)[C@@H]1OP(=O)(O)O.O=P(O)(O)O. The number of phosphoric acid groups is 4. The molecule has 0 bridgehead atoms. The van der Waals surface area contributed by atoms with Gasteiger partial charge in [0.1, 0.15) is 36.3 Å². The van der Waals surface area contributed by atoms with E-state index in [0.29, 0.717) is 5.75 Å². The van der Waals surface area contributed by atoms with Crippen molar-refractivity contribution in [3.05, 3.63) is 12.7 Å². The zero-order valence-corrected chi connectivity index (χ0v) is 33.7. The topological polar surface area (TPSA) is 441 Å². The van der Waals surface area contributed by atoms with Crippen molar-refractivity contribution >= 4 is 77.0 Å². The van der Waals surface area contributed by atoms with Crippen LogP contribution in [0.1, 0.15) is 33.4 Å². The zero-order chi connectivity index (χ0) is 42.9. The van der Waals surface area contributed by atoms with Gasteiger partial charge in [-0.1, -0.05) is 25.6 Å². The predicted octanol–water partition coefficient (Wildman–Crippen LogP) is -2.24. The standard InChI is InChI=1S/C23H38N7O17P3S.H3O4P/c1-12(31)51-7-6-25-14(32)4-5-26-21(35)18(34)23(2,3)9-44-50(41,42)47-49(39,40)43-8-13-17(46-48(36,37)38)16(33)22(45-13)30-11-29-15-19(24)27-10-28-20(15)30;1-5(2,3)4/h10-11,13,16-18,22,33-34H,4-9H2,1-3H3,(H,25,32)(H,26,35)(H,39,40)(H,41,42)(H2,24,27,28)(H2,36,37,38);(H3,1,2,3,4)/t13-,16-,17-,18+,22-;/m1./s1. The van der Waals surface area contributed by atoms with Crippen molar-refractivity contribution in [2.45, 2.75) is 57.8 Å². The van der Waals surface area contributed by atoms with E-state index >= 15 is 0 Å². The van der Waals surface area contributed by atoms with Crippen LogP contribution in [0.3, 0.4) is 0 Å². The summed E-state index contributed by atoms with van der Waals surface area (Å²) in [6, 6.07) is 0. The average Bonchev–Trinajstić information content (AvgIpc) is 3.60. The number of imidazole rings is 1. The summed E-state index contributed by atoms with van der Waals surface area (Å²) in [5, 5.41) is 26.1. The van der Waals surface area contributed by atoms with E-state index in [2.05, 4.69) is 34.4 Å². The second kappa shape index (κ2) is 20.6. The van der Waals surface area contributed by atoms with Gasteiger partial charge in [-0.05, 0) is 0 Å². The maximum atomic E-state index is 12.6. The number of carbonyl (C=O) groups is 3. The lowest BCUT2D eigenvalue weighted by molar-refractivity contribution is -0.137. The Hall–Kier alpha value is -2.33. The molecule has 56 heavy (non-hydrogen) atoms. The van der Waals surface area contributed by atoms with Gasteiger partial charge in [0.05, 0.1) is 19.5 Å². The molecule has 13 N–H and O–H groups in total. The molecule has 28 nitrogen and oxygen atoms in total. The highest BCUT2D eigenvalue weighted by molar-refractivity contribution is 8.13. The van der Waals surface area contributed by atoms with Crippen LogP contribution in [0.5, 0.6) is 0 Å². The summed E-state index contributed by atoms with van der Waals surface area (Å²) in [5.74, 6) is -1.08. The van der Waals surface area contributed by atoms with E-state index < -0.39 is 92.4 Å². The van der Waals surface area contributed by atoms with Crippen molar-refractivity contribution in [2.75, 3.05) is 37.8 Å². The summed E-state index contributed by atoms with van der Waals surface area (Å²) in [6.07, 6.45) is -6.88. The number of aliphatic hydroxyl groups excluding tert-OH is 2. The Kier molecular flexibility index (Phi) is 18.3. The van der Waals surface area contributed by atoms with Crippen molar-refractivity contribution in [2.24, 2.45) is 5.41 Å². The molecule has 1 fully saturated rings. The molecule has 0 spiro atoms. The molecule has 2 aromatic rings. The maximum Gasteiger partial charge on any atom is 0.481 e. The number of nitrogens with two attached hydrogens (primary N) is 1. The van der Waals surface area contributed by atoms with Crippen LogP contribution in [0.2, 0.25) is 0 Å². The number of anilines is 1. The van der Waals surface area contributed by atoms with Crippen molar-refractivity contribution < 1.29 is 99.7 Å². The minimum atomic E-state index is -5.56. The van der Waals surface area contributed by atoms with Gasteiger partial charge in [0.25, 0.3) is 0 Å². The van der Waals surface area contributed by atoms with Crippen molar-refractivity contribution in [3.63, 3.8) is 0 Å². The molecule has 7 atom stereocenters. The fraction of sp³-hybridized carbons (Fsp3) is 0.652. The second-order valence-electron chi connectivity index (χ2n) is 11.9. The maximum absolute atomic E-state index is 12.6. The smallest absolute Gasteiger partial charge is 0.386 e. The molecule has 0 aromatic carbocycles. The molecule has 1 saturated heterocycles. The molecule has 2 aromatic heterocycles. The van der Waals surface area contributed by atoms with Gasteiger partial charge in [-0.2, -0.15) is 4.31 Å². The Balaban J connectivity index is 0.00000203. The molecule has 3 heterocycles. The minimum Gasteiger partial charge on any atom is -0.386 e. The van der Waals surface area contributed by atoms with Crippen LogP contribution in [0.4, 0.5) is 5.82 Å². The van der Waals surface area contributed by atoms with Crippen LogP contribution < -0.4 is 16.4 Å². The number of aliphatic hydroxyl groups is 2.